The molecule has 2 heterocycles. The predicted molar refractivity (Wildman–Crippen MR) is 106 cm³/mol. The molecule has 0 unspecified atom stereocenters. The van der Waals surface area contributed by atoms with Crippen molar-refractivity contribution in [3.63, 3.8) is 0 Å². The van der Waals surface area contributed by atoms with Gasteiger partial charge >= 0.3 is 11.1 Å². The van der Waals surface area contributed by atoms with Gasteiger partial charge in [0.25, 0.3) is 0 Å². The van der Waals surface area contributed by atoms with Crippen molar-refractivity contribution in [2.45, 2.75) is 45.7 Å². The number of carbonyl (C=O) groups is 1. The van der Waals surface area contributed by atoms with E-state index in [2.05, 4.69) is 10.2 Å². The maximum atomic E-state index is 12.5. The zero-order valence-corrected chi connectivity index (χ0v) is 15.9. The topological polar surface area (TPSA) is 76.3 Å². The van der Waals surface area contributed by atoms with E-state index in [9.17, 15) is 14.4 Å². The maximum Gasteiger partial charge on any atom is 0.317 e. The van der Waals surface area contributed by atoms with Crippen LogP contribution < -0.4 is 16.4 Å². The van der Waals surface area contributed by atoms with E-state index >= 15 is 0 Å². The summed E-state index contributed by atoms with van der Waals surface area (Å²) in [6.07, 6.45) is 4.71. The van der Waals surface area contributed by atoms with Gasteiger partial charge in [-0.2, -0.15) is 0 Å². The van der Waals surface area contributed by atoms with E-state index in [1.165, 1.54) is 28.4 Å². The molecule has 0 bridgehead atoms. The second-order valence-electron chi connectivity index (χ2n) is 7.04. The largest absolute Gasteiger partial charge is 0.355 e. The van der Waals surface area contributed by atoms with Gasteiger partial charge in [-0.1, -0.05) is 18.6 Å². The first-order chi connectivity index (χ1) is 13.1. The second-order valence-corrected chi connectivity index (χ2v) is 7.04. The average Bonchev–Trinajstić information content (AvgIpc) is 2.70. The highest BCUT2D eigenvalue weighted by molar-refractivity contribution is 5.80. The molecule has 1 aromatic heterocycles. The normalized spacial score (nSPS) is 15.1. The zero-order chi connectivity index (χ0) is 19.2. The monoisotopic (exact) mass is 372 g/mol. The molecule has 7 heteroatoms. The lowest BCUT2D eigenvalue weighted by Crippen LogP contribution is -2.44. The number of likely N-dealkylation sites (tertiary alicyclic amines) is 1. The minimum absolute atomic E-state index is 0.136. The van der Waals surface area contributed by atoms with Crippen LogP contribution in [0.3, 0.4) is 0 Å². The van der Waals surface area contributed by atoms with Crippen molar-refractivity contribution in [1.82, 2.24) is 19.4 Å². The molecule has 0 spiro atoms. The van der Waals surface area contributed by atoms with Gasteiger partial charge in [0, 0.05) is 13.1 Å². The lowest BCUT2D eigenvalue weighted by Gasteiger charge is -2.26. The molecule has 0 saturated carbocycles. The highest BCUT2D eigenvalue weighted by atomic mass is 16.2. The summed E-state index contributed by atoms with van der Waals surface area (Å²) in [4.78, 5) is 39.6. The molecule has 3 rings (SSSR count). The number of aryl methyl sites for hydroxylation is 1. The number of para-hydroxylation sites is 2. The third-order valence-electron chi connectivity index (χ3n) is 5.18. The number of aromatic nitrogens is 2. The van der Waals surface area contributed by atoms with Crippen molar-refractivity contribution in [2.75, 3.05) is 26.2 Å². The molecule has 0 aliphatic carbocycles. The maximum absolute atomic E-state index is 12.5. The smallest absolute Gasteiger partial charge is 0.317 e. The number of piperidine rings is 1. The van der Waals surface area contributed by atoms with Crippen LogP contribution in [0.1, 0.15) is 32.6 Å². The van der Waals surface area contributed by atoms with Crippen LogP contribution in [0.15, 0.2) is 33.9 Å². The Kier molecular flexibility index (Phi) is 6.45. The van der Waals surface area contributed by atoms with Gasteiger partial charge in [-0.25, -0.2) is 0 Å². The number of hydrogen-bond acceptors (Lipinski definition) is 4. The fourth-order valence-corrected chi connectivity index (χ4v) is 3.75. The summed E-state index contributed by atoms with van der Waals surface area (Å²) in [6, 6.07) is 7.20. The Labute approximate surface area is 158 Å². The first-order valence-corrected chi connectivity index (χ1v) is 9.83. The van der Waals surface area contributed by atoms with E-state index in [4.69, 9.17) is 0 Å². The number of nitrogens with one attached hydrogen (secondary N) is 1. The number of fused-ring (bicyclic) bond motifs is 1. The highest BCUT2D eigenvalue weighted by Crippen LogP contribution is 2.10. The van der Waals surface area contributed by atoms with Gasteiger partial charge in [-0.05, 0) is 58.0 Å². The Morgan fingerprint density at radius 3 is 2.30 bits per heavy atom. The molecule has 1 N–H and O–H groups in total. The van der Waals surface area contributed by atoms with Crippen LogP contribution in [-0.2, 0) is 17.9 Å². The van der Waals surface area contributed by atoms with E-state index in [1.807, 2.05) is 13.0 Å². The van der Waals surface area contributed by atoms with Crippen molar-refractivity contribution < 1.29 is 4.79 Å². The molecule has 1 aliphatic rings. The lowest BCUT2D eigenvalue weighted by atomic mass is 10.1. The molecule has 0 radical (unpaired) electrons. The van der Waals surface area contributed by atoms with Gasteiger partial charge in [-0.15, -0.1) is 0 Å². The number of benzene rings is 1. The number of carbonyl (C=O) groups excluding carboxylic acids is 1. The van der Waals surface area contributed by atoms with Gasteiger partial charge in [0.1, 0.15) is 6.54 Å². The minimum Gasteiger partial charge on any atom is -0.355 e. The molecular weight excluding hydrogens is 344 g/mol. The van der Waals surface area contributed by atoms with Gasteiger partial charge < -0.3 is 14.8 Å². The second kappa shape index (κ2) is 8.99. The first-order valence-electron chi connectivity index (χ1n) is 9.83. The summed E-state index contributed by atoms with van der Waals surface area (Å²) in [7, 11) is 0. The highest BCUT2D eigenvalue weighted by Gasteiger charge is 2.14. The van der Waals surface area contributed by atoms with Gasteiger partial charge in [-0.3, -0.25) is 19.0 Å². The van der Waals surface area contributed by atoms with Crippen molar-refractivity contribution in [1.29, 1.82) is 0 Å². The van der Waals surface area contributed by atoms with Crippen molar-refractivity contribution in [3.8, 4) is 0 Å². The van der Waals surface area contributed by atoms with Crippen molar-refractivity contribution in [3.05, 3.63) is 45.0 Å². The average molecular weight is 372 g/mol. The third kappa shape index (κ3) is 4.47. The van der Waals surface area contributed by atoms with Crippen LogP contribution in [-0.4, -0.2) is 46.1 Å². The van der Waals surface area contributed by atoms with Crippen LogP contribution in [0.2, 0.25) is 0 Å². The van der Waals surface area contributed by atoms with Crippen LogP contribution in [0.5, 0.6) is 0 Å². The molecule has 1 fully saturated rings. The number of rotatable bonds is 7. The predicted octanol–water partition coefficient (Wildman–Crippen LogP) is 1.18. The van der Waals surface area contributed by atoms with Gasteiger partial charge in [0.05, 0.1) is 11.0 Å². The Morgan fingerprint density at radius 2 is 1.63 bits per heavy atom. The molecule has 1 aromatic carbocycles. The Bertz CT molecular complexity index is 910. The van der Waals surface area contributed by atoms with Crippen LogP contribution in [0.25, 0.3) is 11.0 Å². The molecule has 7 nitrogen and oxygen atoms in total. The minimum atomic E-state index is -0.654. The molecule has 1 amide bonds. The molecule has 27 heavy (non-hydrogen) atoms. The molecule has 1 saturated heterocycles. The Morgan fingerprint density at radius 1 is 1.00 bits per heavy atom. The van der Waals surface area contributed by atoms with Crippen LogP contribution in [0.4, 0.5) is 0 Å². The summed E-state index contributed by atoms with van der Waals surface area (Å²) in [5.74, 6) is -0.241. The van der Waals surface area contributed by atoms with Crippen LogP contribution in [0, 0.1) is 0 Å². The van der Waals surface area contributed by atoms with Gasteiger partial charge in [0.2, 0.25) is 5.91 Å². The van der Waals surface area contributed by atoms with Crippen molar-refractivity contribution in [2.24, 2.45) is 0 Å². The third-order valence-corrected chi connectivity index (χ3v) is 5.18. The first kappa shape index (κ1) is 19.4. The summed E-state index contributed by atoms with van der Waals surface area (Å²) in [5, 5.41) is 2.88. The fraction of sp³-hybridized carbons (Fsp3) is 0.550. The number of nitrogens with zero attached hydrogens (tertiary/aromatic N) is 3. The molecular formula is C20H28N4O3. The zero-order valence-electron chi connectivity index (χ0n) is 15.9. The summed E-state index contributed by atoms with van der Waals surface area (Å²) >= 11 is 0. The van der Waals surface area contributed by atoms with E-state index in [-0.39, 0.29) is 12.5 Å². The number of hydrogen-bond donors (Lipinski definition) is 1. The SMILES string of the molecule is CCn1c(=O)c(=O)n(CC(=O)NCCCN2CCCCC2)c2ccccc21. The Hall–Kier alpha value is -2.41. The van der Waals surface area contributed by atoms with E-state index in [0.717, 1.165) is 26.1 Å². The molecule has 1 aliphatic heterocycles. The fourth-order valence-electron chi connectivity index (χ4n) is 3.75. The van der Waals surface area contributed by atoms with Crippen LogP contribution >= 0.6 is 0 Å². The summed E-state index contributed by atoms with van der Waals surface area (Å²) in [6.45, 7) is 5.95. The Balaban J connectivity index is 1.65. The van der Waals surface area contributed by atoms with E-state index in [0.29, 0.717) is 24.1 Å². The molecule has 0 atom stereocenters. The summed E-state index contributed by atoms with van der Waals surface area (Å²) < 4.78 is 2.73. The number of amides is 1. The molecule has 2 aromatic rings. The van der Waals surface area contributed by atoms with Crippen molar-refractivity contribution >= 4 is 16.9 Å². The molecule has 146 valence electrons. The van der Waals surface area contributed by atoms with E-state index in [1.54, 1.807) is 18.2 Å². The van der Waals surface area contributed by atoms with E-state index < -0.39 is 11.1 Å². The lowest BCUT2D eigenvalue weighted by molar-refractivity contribution is -0.121. The van der Waals surface area contributed by atoms with Gasteiger partial charge in [0.15, 0.2) is 0 Å². The quantitative estimate of drug-likeness (QED) is 0.585. The summed E-state index contributed by atoms with van der Waals surface area (Å²) in [5.41, 5.74) is 0.0306. The standard InChI is InChI=1S/C20H28N4O3/c1-2-23-16-9-4-5-10-17(16)24(20(27)19(23)26)15-18(25)21-11-8-14-22-12-6-3-7-13-22/h4-5,9-10H,2-3,6-8,11-15H2,1H3,(H,21,25).